The Labute approximate surface area is 88.9 Å². The fourth-order valence-corrected chi connectivity index (χ4v) is 1.02. The lowest BCUT2D eigenvalue weighted by Crippen LogP contribution is -2.35. The summed E-state index contributed by atoms with van der Waals surface area (Å²) in [4.78, 5) is 19.3. The Hall–Kier alpha value is -1.49. The van der Waals surface area contributed by atoms with Gasteiger partial charge in [-0.05, 0) is 19.9 Å². The smallest absolute Gasteiger partial charge is 0.322 e. The van der Waals surface area contributed by atoms with E-state index in [-0.39, 0.29) is 12.0 Å². The van der Waals surface area contributed by atoms with Crippen molar-refractivity contribution >= 4 is 5.97 Å². The number of nitrogens with zero attached hydrogens (tertiary/aromatic N) is 2. The molecule has 0 bridgehead atoms. The molecular weight excluding hydrogens is 194 g/mol. The van der Waals surface area contributed by atoms with Crippen LogP contribution in [0.3, 0.4) is 0 Å². The van der Waals surface area contributed by atoms with Crippen LogP contribution in [-0.2, 0) is 16.1 Å². The lowest BCUT2D eigenvalue weighted by Gasteiger charge is -2.11. The molecule has 1 unspecified atom stereocenters. The van der Waals surface area contributed by atoms with Crippen LogP contribution in [0.4, 0.5) is 0 Å². The van der Waals surface area contributed by atoms with Crippen LogP contribution in [0.25, 0.3) is 0 Å². The first-order chi connectivity index (χ1) is 7.24. The second-order valence-electron chi connectivity index (χ2n) is 3.02. The van der Waals surface area contributed by atoms with E-state index in [1.165, 1.54) is 0 Å². The van der Waals surface area contributed by atoms with Gasteiger partial charge < -0.3 is 4.74 Å². The minimum absolute atomic E-state index is 0.256. The third-order valence-electron chi connectivity index (χ3n) is 1.83. The number of hydrogen-bond acceptors (Lipinski definition) is 5. The van der Waals surface area contributed by atoms with Gasteiger partial charge in [0.15, 0.2) is 0 Å². The molecule has 5 nitrogen and oxygen atoms in total. The van der Waals surface area contributed by atoms with Gasteiger partial charge in [-0.2, -0.15) is 0 Å². The van der Waals surface area contributed by atoms with Gasteiger partial charge in [0.25, 0.3) is 0 Å². The molecule has 0 spiro atoms. The van der Waals surface area contributed by atoms with Gasteiger partial charge in [-0.1, -0.05) is 0 Å². The summed E-state index contributed by atoms with van der Waals surface area (Å²) in [6.45, 7) is 4.39. The fraction of sp³-hybridized carbons (Fsp3) is 0.500. The molecule has 1 atom stereocenters. The molecule has 82 valence electrons. The van der Waals surface area contributed by atoms with Gasteiger partial charge in [0.05, 0.1) is 13.2 Å². The van der Waals surface area contributed by atoms with Crippen LogP contribution in [0, 0.1) is 0 Å². The van der Waals surface area contributed by atoms with Crippen molar-refractivity contribution in [3.05, 3.63) is 24.3 Å². The van der Waals surface area contributed by atoms with Crippen molar-refractivity contribution in [3.63, 3.8) is 0 Å². The number of aromatic nitrogens is 2. The molecule has 0 aliphatic rings. The van der Waals surface area contributed by atoms with E-state index in [1.807, 2.05) is 0 Å². The molecule has 1 rings (SSSR count). The van der Waals surface area contributed by atoms with Crippen molar-refractivity contribution in [2.45, 2.75) is 26.4 Å². The first-order valence-electron chi connectivity index (χ1n) is 4.90. The topological polar surface area (TPSA) is 64.1 Å². The highest BCUT2D eigenvalue weighted by Crippen LogP contribution is 1.91. The molecule has 0 amide bonds. The average Bonchev–Trinajstić information content (AvgIpc) is 2.27. The molecule has 15 heavy (non-hydrogen) atoms. The van der Waals surface area contributed by atoms with Gasteiger partial charge in [-0.25, -0.2) is 9.97 Å². The predicted molar refractivity (Wildman–Crippen MR) is 55.0 cm³/mol. The summed E-state index contributed by atoms with van der Waals surface area (Å²) in [7, 11) is 0. The summed E-state index contributed by atoms with van der Waals surface area (Å²) in [6, 6.07) is 1.41. The number of carbonyl (C=O) groups excluding carboxylic acids is 1. The van der Waals surface area contributed by atoms with Crippen molar-refractivity contribution in [2.24, 2.45) is 0 Å². The molecule has 1 aromatic heterocycles. The van der Waals surface area contributed by atoms with Gasteiger partial charge in [0, 0.05) is 12.4 Å². The predicted octanol–water partition coefficient (Wildman–Crippen LogP) is 0.518. The minimum atomic E-state index is -0.339. The van der Waals surface area contributed by atoms with Crippen LogP contribution < -0.4 is 5.32 Å². The molecule has 0 radical (unpaired) electrons. The average molecular weight is 209 g/mol. The number of esters is 1. The molecule has 1 aromatic rings. The first-order valence-corrected chi connectivity index (χ1v) is 4.90. The van der Waals surface area contributed by atoms with Crippen molar-refractivity contribution in [3.8, 4) is 0 Å². The molecule has 1 heterocycles. The summed E-state index contributed by atoms with van der Waals surface area (Å²) in [5.74, 6) is 0.405. The maximum Gasteiger partial charge on any atom is 0.322 e. The van der Waals surface area contributed by atoms with Crippen LogP contribution in [0.1, 0.15) is 19.7 Å². The number of nitrogens with one attached hydrogen (secondary N) is 1. The van der Waals surface area contributed by atoms with Crippen molar-refractivity contribution in [1.29, 1.82) is 0 Å². The highest BCUT2D eigenvalue weighted by molar-refractivity contribution is 5.75. The SMILES string of the molecule is CCOC(=O)C(C)NCc1ncccn1. The summed E-state index contributed by atoms with van der Waals surface area (Å²) in [5.41, 5.74) is 0. The van der Waals surface area contributed by atoms with Crippen LogP contribution >= 0.6 is 0 Å². The van der Waals surface area contributed by atoms with Crippen molar-refractivity contribution < 1.29 is 9.53 Å². The Balaban J connectivity index is 2.34. The highest BCUT2D eigenvalue weighted by atomic mass is 16.5. The summed E-state index contributed by atoms with van der Waals surface area (Å²) < 4.78 is 4.85. The first kappa shape index (κ1) is 11.6. The van der Waals surface area contributed by atoms with Crippen LogP contribution in [0.2, 0.25) is 0 Å². The normalized spacial score (nSPS) is 12.1. The Kier molecular flexibility index (Phi) is 4.70. The second kappa shape index (κ2) is 6.08. The van der Waals surface area contributed by atoms with Crippen LogP contribution in [0.5, 0.6) is 0 Å². The zero-order valence-electron chi connectivity index (χ0n) is 8.93. The number of ether oxygens (including phenoxy) is 1. The van der Waals surface area contributed by atoms with E-state index in [0.717, 1.165) is 0 Å². The number of carbonyl (C=O) groups is 1. The maximum atomic E-state index is 11.2. The quantitative estimate of drug-likeness (QED) is 0.716. The summed E-state index contributed by atoms with van der Waals surface area (Å²) in [5, 5.41) is 2.98. The second-order valence-corrected chi connectivity index (χ2v) is 3.02. The monoisotopic (exact) mass is 209 g/mol. The van der Waals surface area contributed by atoms with Crippen molar-refractivity contribution in [1.82, 2.24) is 15.3 Å². The summed E-state index contributed by atoms with van der Waals surface area (Å²) >= 11 is 0. The van der Waals surface area contributed by atoms with Crippen LogP contribution in [-0.4, -0.2) is 28.6 Å². The molecule has 0 aromatic carbocycles. The molecule has 1 N–H and O–H groups in total. The molecule has 0 aliphatic heterocycles. The number of rotatable bonds is 5. The third-order valence-corrected chi connectivity index (χ3v) is 1.83. The Morgan fingerprint density at radius 3 is 2.80 bits per heavy atom. The maximum absolute atomic E-state index is 11.2. The fourth-order valence-electron chi connectivity index (χ4n) is 1.02. The van der Waals surface area contributed by atoms with Gasteiger partial charge in [0.1, 0.15) is 11.9 Å². The standard InChI is InChI=1S/C10H15N3O2/c1-3-15-10(14)8(2)13-7-9-11-5-4-6-12-9/h4-6,8,13H,3,7H2,1-2H3. The molecular formula is C10H15N3O2. The molecule has 5 heteroatoms. The van der Waals surface area contributed by atoms with Crippen molar-refractivity contribution in [2.75, 3.05) is 6.61 Å². The Morgan fingerprint density at radius 1 is 1.53 bits per heavy atom. The minimum Gasteiger partial charge on any atom is -0.465 e. The molecule has 0 aliphatic carbocycles. The van der Waals surface area contributed by atoms with E-state index in [0.29, 0.717) is 19.0 Å². The molecule has 0 saturated heterocycles. The third kappa shape index (κ3) is 4.03. The number of hydrogen-bond donors (Lipinski definition) is 1. The van der Waals surface area contributed by atoms with Gasteiger partial charge in [-0.15, -0.1) is 0 Å². The zero-order valence-corrected chi connectivity index (χ0v) is 8.93. The van der Waals surface area contributed by atoms with Gasteiger partial charge in [0.2, 0.25) is 0 Å². The van der Waals surface area contributed by atoms with E-state index in [1.54, 1.807) is 32.3 Å². The largest absolute Gasteiger partial charge is 0.465 e. The molecule has 0 saturated carbocycles. The van der Waals surface area contributed by atoms with E-state index < -0.39 is 0 Å². The zero-order chi connectivity index (χ0) is 11.1. The summed E-state index contributed by atoms with van der Waals surface area (Å²) in [6.07, 6.45) is 3.33. The van der Waals surface area contributed by atoms with E-state index >= 15 is 0 Å². The van der Waals surface area contributed by atoms with Crippen LogP contribution in [0.15, 0.2) is 18.5 Å². The van der Waals surface area contributed by atoms with E-state index in [2.05, 4.69) is 15.3 Å². The Bertz CT molecular complexity index is 303. The van der Waals surface area contributed by atoms with E-state index in [9.17, 15) is 4.79 Å². The lowest BCUT2D eigenvalue weighted by atomic mass is 10.3. The van der Waals surface area contributed by atoms with E-state index in [4.69, 9.17) is 4.74 Å². The van der Waals surface area contributed by atoms with Gasteiger partial charge in [-0.3, -0.25) is 10.1 Å². The lowest BCUT2D eigenvalue weighted by molar-refractivity contribution is -0.145. The Morgan fingerprint density at radius 2 is 2.20 bits per heavy atom. The molecule has 0 fully saturated rings. The van der Waals surface area contributed by atoms with Gasteiger partial charge >= 0.3 is 5.97 Å². The highest BCUT2D eigenvalue weighted by Gasteiger charge is 2.12.